The van der Waals surface area contributed by atoms with Crippen molar-refractivity contribution in [3.8, 4) is 0 Å². The van der Waals surface area contributed by atoms with Crippen LogP contribution < -0.4 is 10.2 Å². The zero-order valence-electron chi connectivity index (χ0n) is 22.1. The minimum atomic E-state index is -0.178. The highest BCUT2D eigenvalue weighted by molar-refractivity contribution is 5.93. The van der Waals surface area contributed by atoms with Crippen molar-refractivity contribution in [2.75, 3.05) is 18.0 Å². The summed E-state index contributed by atoms with van der Waals surface area (Å²) in [5.74, 6) is 0.591. The molecule has 1 aromatic carbocycles. The number of aryl methyl sites for hydroxylation is 2. The molecule has 0 bridgehead atoms. The summed E-state index contributed by atoms with van der Waals surface area (Å²) >= 11 is 0. The zero-order chi connectivity index (χ0) is 26.8. The van der Waals surface area contributed by atoms with Crippen molar-refractivity contribution >= 4 is 23.4 Å². The second-order valence-electron chi connectivity index (χ2n) is 8.49. The highest BCUT2D eigenvalue weighted by Gasteiger charge is 2.26. The highest BCUT2D eigenvalue weighted by Crippen LogP contribution is 2.19. The number of halogens is 1. The highest BCUT2D eigenvalue weighted by atomic mass is 19.1. The number of aromatic nitrogens is 4. The molecule has 0 unspecified atom stereocenters. The molecule has 0 aliphatic carbocycles. The molecule has 1 atom stereocenters. The standard InChI is InChI=1S/C21H24N6O.C6H5F.C2H6/c1-4-5-16-12-22-18(10-14(16)2)21(28)24-17-8-9-26(13-17)20-7-6-19-23-11-15(3)27(19)25-20;7-6-4-2-1-3-5-6;1-2/h4-7,10-12,17H,8-9,13H2,1-3H3,(H,24,28);1-5H;1-2H3/b5-4-;;/t17-;;/m0../s1. The first-order valence-electron chi connectivity index (χ1n) is 12.6. The Morgan fingerprint density at radius 3 is 2.49 bits per heavy atom. The fourth-order valence-corrected chi connectivity index (χ4v) is 3.95. The number of hydrogen-bond donors (Lipinski definition) is 1. The van der Waals surface area contributed by atoms with Crippen LogP contribution in [0.5, 0.6) is 0 Å². The van der Waals surface area contributed by atoms with E-state index in [2.05, 4.69) is 25.3 Å². The normalized spacial score (nSPS) is 14.6. The summed E-state index contributed by atoms with van der Waals surface area (Å²) in [5.41, 5.74) is 4.37. The molecule has 194 valence electrons. The van der Waals surface area contributed by atoms with E-state index in [-0.39, 0.29) is 17.8 Å². The van der Waals surface area contributed by atoms with E-state index in [9.17, 15) is 9.18 Å². The Balaban J connectivity index is 0.000000361. The Morgan fingerprint density at radius 1 is 1.08 bits per heavy atom. The average Bonchev–Trinajstić information content (AvgIpc) is 3.54. The van der Waals surface area contributed by atoms with Gasteiger partial charge in [-0.25, -0.2) is 13.9 Å². The monoisotopic (exact) mass is 502 g/mol. The van der Waals surface area contributed by atoms with Gasteiger partial charge in [0, 0.05) is 25.3 Å². The predicted molar refractivity (Wildman–Crippen MR) is 147 cm³/mol. The number of allylic oxidation sites excluding steroid dienone is 1. The van der Waals surface area contributed by atoms with Gasteiger partial charge < -0.3 is 10.2 Å². The van der Waals surface area contributed by atoms with Gasteiger partial charge in [0.2, 0.25) is 0 Å². The van der Waals surface area contributed by atoms with Crippen LogP contribution in [0.25, 0.3) is 11.7 Å². The van der Waals surface area contributed by atoms with Crippen molar-refractivity contribution in [3.63, 3.8) is 0 Å². The summed E-state index contributed by atoms with van der Waals surface area (Å²) in [6.45, 7) is 11.5. The largest absolute Gasteiger partial charge is 0.353 e. The summed E-state index contributed by atoms with van der Waals surface area (Å²) in [6.07, 6.45) is 8.40. The van der Waals surface area contributed by atoms with Crippen LogP contribution in [0.2, 0.25) is 0 Å². The van der Waals surface area contributed by atoms with Crippen molar-refractivity contribution < 1.29 is 9.18 Å². The van der Waals surface area contributed by atoms with Crippen molar-refractivity contribution in [3.05, 3.63) is 95.3 Å². The van der Waals surface area contributed by atoms with Gasteiger partial charge in [-0.1, -0.05) is 44.2 Å². The van der Waals surface area contributed by atoms with E-state index in [0.717, 1.165) is 47.8 Å². The van der Waals surface area contributed by atoms with Crippen LogP contribution in [-0.2, 0) is 0 Å². The summed E-state index contributed by atoms with van der Waals surface area (Å²) in [7, 11) is 0. The van der Waals surface area contributed by atoms with Crippen molar-refractivity contribution in [2.24, 2.45) is 0 Å². The first-order valence-corrected chi connectivity index (χ1v) is 12.6. The summed E-state index contributed by atoms with van der Waals surface area (Å²) < 4.78 is 13.8. The number of fused-ring (bicyclic) bond motifs is 1. The van der Waals surface area contributed by atoms with Crippen LogP contribution in [-0.4, -0.2) is 44.6 Å². The van der Waals surface area contributed by atoms with Crippen LogP contribution in [0, 0.1) is 19.7 Å². The number of pyridine rings is 1. The summed E-state index contributed by atoms with van der Waals surface area (Å²) in [4.78, 5) is 23.4. The second kappa shape index (κ2) is 13.3. The maximum absolute atomic E-state index is 12.6. The van der Waals surface area contributed by atoms with Crippen LogP contribution in [0.3, 0.4) is 0 Å². The lowest BCUT2D eigenvalue weighted by atomic mass is 10.1. The molecular formula is C29H35FN6O. The number of hydrogen-bond acceptors (Lipinski definition) is 5. The van der Waals surface area contributed by atoms with E-state index >= 15 is 0 Å². The Hall–Kier alpha value is -4.07. The number of carbonyl (C=O) groups is 1. The Kier molecular flexibility index (Phi) is 9.89. The van der Waals surface area contributed by atoms with Gasteiger partial charge >= 0.3 is 0 Å². The number of nitrogens with one attached hydrogen (secondary N) is 1. The molecule has 0 saturated carbocycles. The molecule has 4 heterocycles. The lowest BCUT2D eigenvalue weighted by Crippen LogP contribution is -2.37. The Morgan fingerprint density at radius 2 is 1.84 bits per heavy atom. The van der Waals surface area contributed by atoms with Gasteiger partial charge in [0.05, 0.1) is 11.9 Å². The van der Waals surface area contributed by atoms with Gasteiger partial charge in [-0.05, 0) is 68.7 Å². The lowest BCUT2D eigenvalue weighted by Gasteiger charge is -2.18. The molecule has 4 aromatic rings. The molecule has 1 saturated heterocycles. The Bertz CT molecular complexity index is 1330. The fraction of sp³-hybridized carbons (Fsp3) is 0.310. The van der Waals surface area contributed by atoms with E-state index in [1.54, 1.807) is 24.4 Å². The molecule has 1 fully saturated rings. The molecular weight excluding hydrogens is 467 g/mol. The molecule has 3 aromatic heterocycles. The topological polar surface area (TPSA) is 75.4 Å². The number of carbonyl (C=O) groups excluding carboxylic acids is 1. The molecule has 0 radical (unpaired) electrons. The van der Waals surface area contributed by atoms with Gasteiger partial charge in [-0.2, -0.15) is 0 Å². The number of anilines is 1. The van der Waals surface area contributed by atoms with Crippen LogP contribution in [0.1, 0.15) is 54.5 Å². The maximum atomic E-state index is 12.6. The molecule has 5 rings (SSSR count). The van der Waals surface area contributed by atoms with Crippen molar-refractivity contribution in [1.82, 2.24) is 24.9 Å². The summed E-state index contributed by atoms with van der Waals surface area (Å²) in [5, 5.41) is 7.78. The van der Waals surface area contributed by atoms with E-state index in [4.69, 9.17) is 0 Å². The lowest BCUT2D eigenvalue weighted by molar-refractivity contribution is 0.0935. The third-order valence-electron chi connectivity index (χ3n) is 5.83. The minimum Gasteiger partial charge on any atom is -0.353 e. The number of nitrogens with zero attached hydrogens (tertiary/aromatic N) is 5. The zero-order valence-corrected chi connectivity index (χ0v) is 22.1. The van der Waals surface area contributed by atoms with E-state index < -0.39 is 0 Å². The molecule has 1 aliphatic rings. The maximum Gasteiger partial charge on any atom is 0.270 e. The molecule has 1 N–H and O–H groups in total. The van der Waals surface area contributed by atoms with Crippen molar-refractivity contribution in [2.45, 2.75) is 47.1 Å². The van der Waals surface area contributed by atoms with Gasteiger partial charge in [0.1, 0.15) is 17.3 Å². The molecule has 1 aliphatic heterocycles. The summed E-state index contributed by atoms with van der Waals surface area (Å²) in [6, 6.07) is 13.8. The third kappa shape index (κ3) is 7.22. The first-order chi connectivity index (χ1) is 17.9. The Labute approximate surface area is 218 Å². The van der Waals surface area contributed by atoms with Gasteiger partial charge in [-0.3, -0.25) is 9.78 Å². The van der Waals surface area contributed by atoms with Gasteiger partial charge in [0.15, 0.2) is 5.65 Å². The van der Waals surface area contributed by atoms with E-state index in [0.29, 0.717) is 5.69 Å². The number of amides is 1. The first kappa shape index (κ1) is 27.5. The molecule has 1 amide bonds. The smallest absolute Gasteiger partial charge is 0.270 e. The number of benzene rings is 1. The predicted octanol–water partition coefficient (Wildman–Crippen LogP) is 5.63. The van der Waals surface area contributed by atoms with Gasteiger partial charge in [0.25, 0.3) is 5.91 Å². The molecule has 8 heteroatoms. The number of rotatable bonds is 4. The quantitative estimate of drug-likeness (QED) is 0.391. The van der Waals surface area contributed by atoms with Crippen LogP contribution in [0.15, 0.2) is 67.0 Å². The minimum absolute atomic E-state index is 0.0752. The fourth-order valence-electron chi connectivity index (χ4n) is 3.95. The third-order valence-corrected chi connectivity index (χ3v) is 5.83. The number of imidazole rings is 1. The van der Waals surface area contributed by atoms with Crippen LogP contribution in [0.4, 0.5) is 10.2 Å². The van der Waals surface area contributed by atoms with Crippen LogP contribution >= 0.6 is 0 Å². The second-order valence-corrected chi connectivity index (χ2v) is 8.49. The van der Waals surface area contributed by atoms with Crippen molar-refractivity contribution in [1.29, 1.82) is 0 Å². The van der Waals surface area contributed by atoms with E-state index in [1.165, 1.54) is 12.1 Å². The molecule has 0 spiro atoms. The van der Waals surface area contributed by atoms with E-state index in [1.807, 2.05) is 75.7 Å². The molecule has 37 heavy (non-hydrogen) atoms. The average molecular weight is 503 g/mol. The molecule has 7 nitrogen and oxygen atoms in total. The SMILES string of the molecule is C/C=C\c1cnc(C(=O)N[C@H]2CCN(c3ccc4ncc(C)n4n3)C2)cc1C.CC.Fc1ccccc1. The van der Waals surface area contributed by atoms with Gasteiger partial charge in [-0.15, -0.1) is 5.10 Å².